The second-order valence-electron chi connectivity index (χ2n) is 8.96. The van der Waals surface area contributed by atoms with Crippen molar-refractivity contribution in [2.24, 2.45) is 5.73 Å². The van der Waals surface area contributed by atoms with E-state index in [0.717, 1.165) is 5.56 Å². The highest BCUT2D eigenvalue weighted by molar-refractivity contribution is 7.92. The van der Waals surface area contributed by atoms with E-state index in [1.54, 1.807) is 37.3 Å². The molecule has 10 heteroatoms. The predicted molar refractivity (Wildman–Crippen MR) is 143 cm³/mol. The maximum Gasteiger partial charge on any atom is 0.319 e. The Kier molecular flexibility index (Phi) is 8.33. The van der Waals surface area contributed by atoms with E-state index in [2.05, 4.69) is 15.4 Å². The van der Waals surface area contributed by atoms with Gasteiger partial charge in [-0.25, -0.2) is 13.2 Å². The molecule has 0 unspecified atom stereocenters. The van der Waals surface area contributed by atoms with Crippen molar-refractivity contribution < 1.29 is 13.2 Å². The summed E-state index contributed by atoms with van der Waals surface area (Å²) in [4.78, 5) is 12.5. The lowest BCUT2D eigenvalue weighted by molar-refractivity contribution is 0.249. The van der Waals surface area contributed by atoms with Crippen LogP contribution in [0.4, 0.5) is 16.2 Å². The standard InChI is InChI=1S/C25H28Cl2N4O3S/c1-16(21-5-4-6-22(26)23(21)27)29-24(32)30-18-11-13-20(14-12-18)35(33,34)31-19-9-7-17(8-10-19)15-25(2,3)28/h4-14,16,31H,15,28H2,1-3H3,(H2,29,30,32)/t16-/m0/s1. The van der Waals surface area contributed by atoms with E-state index in [9.17, 15) is 13.2 Å². The summed E-state index contributed by atoms with van der Waals surface area (Å²) in [6.45, 7) is 5.64. The number of amides is 2. The molecule has 3 aromatic carbocycles. The van der Waals surface area contributed by atoms with E-state index in [1.165, 1.54) is 24.3 Å². The lowest BCUT2D eigenvalue weighted by Gasteiger charge is -2.18. The van der Waals surface area contributed by atoms with Crippen LogP contribution in [-0.2, 0) is 16.4 Å². The molecular formula is C25H28Cl2N4O3S. The molecule has 0 aliphatic rings. The summed E-state index contributed by atoms with van der Waals surface area (Å²) in [7, 11) is -3.80. The van der Waals surface area contributed by atoms with Crippen molar-refractivity contribution in [3.63, 3.8) is 0 Å². The minimum atomic E-state index is -3.80. The molecule has 3 rings (SSSR count). The molecule has 0 radical (unpaired) electrons. The Hall–Kier alpha value is -2.78. The molecule has 5 N–H and O–H groups in total. The molecule has 0 bridgehead atoms. The zero-order chi connectivity index (χ0) is 25.8. The number of sulfonamides is 1. The highest BCUT2D eigenvalue weighted by Gasteiger charge is 2.17. The van der Waals surface area contributed by atoms with E-state index in [1.807, 2.05) is 26.0 Å². The lowest BCUT2D eigenvalue weighted by atomic mass is 9.96. The number of carbonyl (C=O) groups is 1. The van der Waals surface area contributed by atoms with E-state index in [0.29, 0.717) is 33.4 Å². The number of hydrogen-bond donors (Lipinski definition) is 4. The number of rotatable bonds is 8. The summed E-state index contributed by atoms with van der Waals surface area (Å²) in [5.41, 5.74) is 8.25. The van der Waals surface area contributed by atoms with E-state index in [-0.39, 0.29) is 10.4 Å². The van der Waals surface area contributed by atoms with Crippen LogP contribution < -0.4 is 21.1 Å². The number of benzene rings is 3. The SMILES string of the molecule is C[C@H](NC(=O)Nc1ccc(S(=O)(=O)Nc2ccc(CC(C)(C)N)cc2)cc1)c1cccc(Cl)c1Cl. The van der Waals surface area contributed by atoms with Gasteiger partial charge < -0.3 is 16.4 Å². The Morgan fingerprint density at radius 1 is 0.971 bits per heavy atom. The average molecular weight is 535 g/mol. The quantitative estimate of drug-likeness (QED) is 0.285. The van der Waals surface area contributed by atoms with Crippen molar-refractivity contribution in [1.82, 2.24) is 5.32 Å². The van der Waals surface area contributed by atoms with Gasteiger partial charge in [-0.15, -0.1) is 0 Å². The van der Waals surface area contributed by atoms with Gasteiger partial charge in [-0.2, -0.15) is 0 Å². The number of halogens is 2. The summed E-state index contributed by atoms with van der Waals surface area (Å²) in [6, 6.07) is 17.3. The maximum atomic E-state index is 12.8. The Balaban J connectivity index is 1.61. The number of hydrogen-bond acceptors (Lipinski definition) is 4. The molecule has 0 fully saturated rings. The van der Waals surface area contributed by atoms with Crippen LogP contribution in [0.1, 0.15) is 37.9 Å². The minimum Gasteiger partial charge on any atom is -0.331 e. The first-order chi connectivity index (χ1) is 16.3. The summed E-state index contributed by atoms with van der Waals surface area (Å²) in [5.74, 6) is 0. The molecule has 1 atom stereocenters. The molecule has 0 aliphatic carbocycles. The van der Waals surface area contributed by atoms with Crippen LogP contribution in [-0.4, -0.2) is 20.0 Å². The summed E-state index contributed by atoms with van der Waals surface area (Å²) in [6.07, 6.45) is 0.674. The molecule has 0 heterocycles. The van der Waals surface area contributed by atoms with Gasteiger partial charge in [-0.05, 0) is 80.8 Å². The Morgan fingerprint density at radius 2 is 1.57 bits per heavy atom. The highest BCUT2D eigenvalue weighted by atomic mass is 35.5. The van der Waals surface area contributed by atoms with Crippen LogP contribution in [0.25, 0.3) is 0 Å². The number of carbonyl (C=O) groups excluding carboxylic acids is 1. The second-order valence-corrected chi connectivity index (χ2v) is 11.4. The zero-order valence-electron chi connectivity index (χ0n) is 19.6. The van der Waals surface area contributed by atoms with Crippen molar-refractivity contribution in [1.29, 1.82) is 0 Å². The van der Waals surface area contributed by atoms with Gasteiger partial charge in [0.1, 0.15) is 0 Å². The molecule has 7 nitrogen and oxygen atoms in total. The van der Waals surface area contributed by atoms with E-state index >= 15 is 0 Å². The zero-order valence-corrected chi connectivity index (χ0v) is 21.9. The third kappa shape index (κ3) is 7.60. The molecule has 0 aromatic heterocycles. The molecule has 2 amide bonds. The molecule has 0 spiro atoms. The second kappa shape index (κ2) is 10.9. The van der Waals surface area contributed by atoms with Gasteiger partial charge in [0.05, 0.1) is 21.0 Å². The highest BCUT2D eigenvalue weighted by Crippen LogP contribution is 2.29. The average Bonchev–Trinajstić information content (AvgIpc) is 2.76. The van der Waals surface area contributed by atoms with Crippen LogP contribution in [0.5, 0.6) is 0 Å². The number of nitrogens with one attached hydrogen (secondary N) is 3. The number of anilines is 2. The largest absolute Gasteiger partial charge is 0.331 e. The summed E-state index contributed by atoms with van der Waals surface area (Å²) >= 11 is 12.2. The first kappa shape index (κ1) is 26.8. The number of urea groups is 1. The fraction of sp³-hybridized carbons (Fsp3) is 0.240. The smallest absolute Gasteiger partial charge is 0.319 e. The van der Waals surface area contributed by atoms with Crippen LogP contribution in [0.2, 0.25) is 10.0 Å². The number of nitrogens with two attached hydrogens (primary N) is 1. The van der Waals surface area contributed by atoms with Gasteiger partial charge in [0.2, 0.25) is 0 Å². The van der Waals surface area contributed by atoms with Gasteiger partial charge in [-0.1, -0.05) is 47.5 Å². The van der Waals surface area contributed by atoms with Gasteiger partial charge in [0.15, 0.2) is 0 Å². The van der Waals surface area contributed by atoms with Crippen LogP contribution >= 0.6 is 23.2 Å². The molecule has 186 valence electrons. The first-order valence-electron chi connectivity index (χ1n) is 10.9. The molecule has 0 saturated carbocycles. The van der Waals surface area contributed by atoms with E-state index in [4.69, 9.17) is 28.9 Å². The van der Waals surface area contributed by atoms with Crippen molar-refractivity contribution in [2.45, 2.75) is 43.7 Å². The van der Waals surface area contributed by atoms with Crippen molar-refractivity contribution in [2.75, 3.05) is 10.0 Å². The first-order valence-corrected chi connectivity index (χ1v) is 13.1. The van der Waals surface area contributed by atoms with Crippen molar-refractivity contribution in [3.8, 4) is 0 Å². The minimum absolute atomic E-state index is 0.0645. The van der Waals surface area contributed by atoms with Gasteiger partial charge in [0, 0.05) is 16.9 Å². The van der Waals surface area contributed by atoms with Crippen LogP contribution in [0.3, 0.4) is 0 Å². The Labute approximate surface area is 216 Å². The molecule has 0 saturated heterocycles. The third-order valence-electron chi connectivity index (χ3n) is 5.08. The maximum absolute atomic E-state index is 12.8. The molecule has 35 heavy (non-hydrogen) atoms. The molecule has 3 aromatic rings. The fourth-order valence-corrected chi connectivity index (χ4v) is 4.97. The summed E-state index contributed by atoms with van der Waals surface area (Å²) < 4.78 is 28.1. The van der Waals surface area contributed by atoms with Crippen LogP contribution in [0, 0.1) is 0 Å². The fourth-order valence-electron chi connectivity index (χ4n) is 3.44. The van der Waals surface area contributed by atoms with Gasteiger partial charge in [0.25, 0.3) is 10.0 Å². The van der Waals surface area contributed by atoms with Crippen molar-refractivity contribution >= 4 is 50.6 Å². The molecular weight excluding hydrogens is 507 g/mol. The summed E-state index contributed by atoms with van der Waals surface area (Å²) in [5, 5.41) is 6.23. The monoisotopic (exact) mass is 534 g/mol. The topological polar surface area (TPSA) is 113 Å². The van der Waals surface area contributed by atoms with E-state index < -0.39 is 22.1 Å². The normalized spacial score (nSPS) is 12.6. The van der Waals surface area contributed by atoms with Gasteiger partial charge >= 0.3 is 6.03 Å². The van der Waals surface area contributed by atoms with Gasteiger partial charge in [-0.3, -0.25) is 4.72 Å². The molecule has 0 aliphatic heterocycles. The predicted octanol–water partition coefficient (Wildman–Crippen LogP) is 5.96. The Morgan fingerprint density at radius 3 is 2.17 bits per heavy atom. The van der Waals surface area contributed by atoms with Crippen molar-refractivity contribution in [3.05, 3.63) is 87.9 Å². The lowest BCUT2D eigenvalue weighted by Crippen LogP contribution is -2.34. The third-order valence-corrected chi connectivity index (χ3v) is 7.31. The Bertz CT molecular complexity index is 1290. The van der Waals surface area contributed by atoms with Crippen LogP contribution in [0.15, 0.2) is 71.6 Å².